The number of methoxy groups -OCH3 is 1. The molecule has 0 aliphatic carbocycles. The highest BCUT2D eigenvalue weighted by Gasteiger charge is 2.05. The van der Waals surface area contributed by atoms with E-state index in [9.17, 15) is 4.39 Å². The van der Waals surface area contributed by atoms with Crippen molar-refractivity contribution in [2.24, 2.45) is 0 Å². The van der Waals surface area contributed by atoms with Crippen molar-refractivity contribution in [3.05, 3.63) is 35.6 Å². The molecule has 0 amide bonds. The SMILES string of the molecule is COc1nc(N)nc(NCCc2ccccc2F)n1. The summed E-state index contributed by atoms with van der Waals surface area (Å²) in [5.41, 5.74) is 6.13. The minimum Gasteiger partial charge on any atom is -0.467 e. The highest BCUT2D eigenvalue weighted by molar-refractivity contribution is 5.32. The van der Waals surface area contributed by atoms with Gasteiger partial charge < -0.3 is 15.8 Å². The van der Waals surface area contributed by atoms with E-state index in [-0.39, 0.29) is 17.8 Å². The second-order valence-electron chi connectivity index (χ2n) is 3.77. The van der Waals surface area contributed by atoms with Gasteiger partial charge in [0.25, 0.3) is 0 Å². The number of nitrogens with zero attached hydrogens (tertiary/aromatic N) is 3. The van der Waals surface area contributed by atoms with Gasteiger partial charge in [0.1, 0.15) is 5.82 Å². The molecule has 1 aromatic carbocycles. The number of benzene rings is 1. The first-order chi connectivity index (χ1) is 9.19. The van der Waals surface area contributed by atoms with Gasteiger partial charge in [-0.25, -0.2) is 4.39 Å². The van der Waals surface area contributed by atoms with Gasteiger partial charge in [0.05, 0.1) is 7.11 Å². The van der Waals surface area contributed by atoms with E-state index in [4.69, 9.17) is 10.5 Å². The van der Waals surface area contributed by atoms with E-state index in [1.54, 1.807) is 18.2 Å². The molecule has 0 unspecified atom stereocenters. The summed E-state index contributed by atoms with van der Waals surface area (Å²) in [6.07, 6.45) is 0.514. The van der Waals surface area contributed by atoms with Gasteiger partial charge in [-0.1, -0.05) is 18.2 Å². The maximum Gasteiger partial charge on any atom is 0.322 e. The Morgan fingerprint density at radius 1 is 1.26 bits per heavy atom. The Balaban J connectivity index is 1.96. The second kappa shape index (κ2) is 5.94. The molecule has 0 aliphatic heterocycles. The molecule has 19 heavy (non-hydrogen) atoms. The van der Waals surface area contributed by atoms with E-state index in [0.717, 1.165) is 0 Å². The molecular formula is C12H14FN5O. The number of rotatable bonds is 5. The highest BCUT2D eigenvalue weighted by atomic mass is 19.1. The van der Waals surface area contributed by atoms with E-state index < -0.39 is 0 Å². The Morgan fingerprint density at radius 3 is 2.79 bits per heavy atom. The van der Waals surface area contributed by atoms with Crippen LogP contribution in [0.1, 0.15) is 5.56 Å². The molecule has 100 valence electrons. The lowest BCUT2D eigenvalue weighted by atomic mass is 10.1. The van der Waals surface area contributed by atoms with E-state index in [2.05, 4.69) is 20.3 Å². The smallest absolute Gasteiger partial charge is 0.322 e. The van der Waals surface area contributed by atoms with Gasteiger partial charge in [-0.3, -0.25) is 0 Å². The molecule has 1 heterocycles. The van der Waals surface area contributed by atoms with Crippen LogP contribution in [0, 0.1) is 5.82 Å². The number of nitrogens with one attached hydrogen (secondary N) is 1. The normalized spacial score (nSPS) is 10.2. The quantitative estimate of drug-likeness (QED) is 0.844. The van der Waals surface area contributed by atoms with Crippen LogP contribution in [0.5, 0.6) is 6.01 Å². The molecule has 0 atom stereocenters. The van der Waals surface area contributed by atoms with Crippen LogP contribution in [0.4, 0.5) is 16.3 Å². The maximum atomic E-state index is 13.4. The molecule has 0 spiro atoms. The third-order valence-corrected chi connectivity index (χ3v) is 2.45. The fraction of sp³-hybridized carbons (Fsp3) is 0.250. The fourth-order valence-corrected chi connectivity index (χ4v) is 1.55. The van der Waals surface area contributed by atoms with E-state index in [0.29, 0.717) is 24.5 Å². The maximum absolute atomic E-state index is 13.4. The first-order valence-electron chi connectivity index (χ1n) is 5.72. The first-order valence-corrected chi connectivity index (χ1v) is 5.72. The van der Waals surface area contributed by atoms with Gasteiger partial charge in [-0.05, 0) is 18.1 Å². The lowest BCUT2D eigenvalue weighted by Crippen LogP contribution is -2.11. The van der Waals surface area contributed by atoms with Crippen molar-refractivity contribution >= 4 is 11.9 Å². The molecule has 6 nitrogen and oxygen atoms in total. The number of halogens is 1. The van der Waals surface area contributed by atoms with Crippen LogP contribution < -0.4 is 15.8 Å². The van der Waals surface area contributed by atoms with Crippen LogP contribution in [0.15, 0.2) is 24.3 Å². The molecule has 0 radical (unpaired) electrons. The first kappa shape index (κ1) is 13.0. The van der Waals surface area contributed by atoms with Crippen molar-refractivity contribution in [3.8, 4) is 6.01 Å². The lowest BCUT2D eigenvalue weighted by Gasteiger charge is -2.07. The van der Waals surface area contributed by atoms with E-state index in [1.165, 1.54) is 13.2 Å². The summed E-state index contributed by atoms with van der Waals surface area (Å²) in [5, 5.41) is 2.95. The Hall–Kier alpha value is -2.44. The van der Waals surface area contributed by atoms with Crippen molar-refractivity contribution in [1.82, 2.24) is 15.0 Å². The lowest BCUT2D eigenvalue weighted by molar-refractivity contribution is 0.379. The number of nitrogens with two attached hydrogens (primary N) is 1. The van der Waals surface area contributed by atoms with Crippen LogP contribution in [-0.2, 0) is 6.42 Å². The average molecular weight is 263 g/mol. The predicted molar refractivity (Wildman–Crippen MR) is 69.4 cm³/mol. The molecule has 2 rings (SSSR count). The Morgan fingerprint density at radius 2 is 2.05 bits per heavy atom. The summed E-state index contributed by atoms with van der Waals surface area (Å²) in [4.78, 5) is 11.6. The van der Waals surface area contributed by atoms with Crippen LogP contribution in [-0.4, -0.2) is 28.6 Å². The van der Waals surface area contributed by atoms with Crippen LogP contribution in [0.25, 0.3) is 0 Å². The van der Waals surface area contributed by atoms with Crippen molar-refractivity contribution in [2.45, 2.75) is 6.42 Å². The minimum absolute atomic E-state index is 0.0697. The summed E-state index contributed by atoms with van der Waals surface area (Å²) in [6.45, 7) is 0.480. The zero-order valence-electron chi connectivity index (χ0n) is 10.4. The van der Waals surface area contributed by atoms with Crippen LogP contribution in [0.2, 0.25) is 0 Å². The molecule has 0 bridgehead atoms. The van der Waals surface area contributed by atoms with Crippen molar-refractivity contribution < 1.29 is 9.13 Å². The predicted octanol–water partition coefficient (Wildman–Crippen LogP) is 1.26. The molecule has 1 aromatic heterocycles. The average Bonchev–Trinajstić information content (AvgIpc) is 2.40. The van der Waals surface area contributed by atoms with E-state index in [1.807, 2.05) is 0 Å². The highest BCUT2D eigenvalue weighted by Crippen LogP contribution is 2.10. The molecule has 0 fully saturated rings. The summed E-state index contributed by atoms with van der Waals surface area (Å²) in [7, 11) is 1.44. The molecule has 0 saturated heterocycles. The van der Waals surface area contributed by atoms with Gasteiger partial charge in [-0.15, -0.1) is 0 Å². The number of hydrogen-bond donors (Lipinski definition) is 2. The Labute approximate surface area is 109 Å². The molecule has 2 aromatic rings. The van der Waals surface area contributed by atoms with Crippen LogP contribution >= 0.6 is 0 Å². The minimum atomic E-state index is -0.225. The molecule has 3 N–H and O–H groups in total. The van der Waals surface area contributed by atoms with Gasteiger partial charge in [-0.2, -0.15) is 15.0 Å². The molecule has 0 aliphatic rings. The van der Waals surface area contributed by atoms with Crippen LogP contribution in [0.3, 0.4) is 0 Å². The van der Waals surface area contributed by atoms with Gasteiger partial charge in [0.2, 0.25) is 11.9 Å². The molecule has 7 heteroatoms. The van der Waals surface area contributed by atoms with Gasteiger partial charge in [0.15, 0.2) is 0 Å². The number of hydrogen-bond acceptors (Lipinski definition) is 6. The van der Waals surface area contributed by atoms with Gasteiger partial charge in [0, 0.05) is 6.54 Å². The topological polar surface area (TPSA) is 86.0 Å². The third kappa shape index (κ3) is 3.51. The Bertz CT molecular complexity index is 564. The summed E-state index contributed by atoms with van der Waals surface area (Å²) < 4.78 is 18.3. The largest absolute Gasteiger partial charge is 0.467 e. The zero-order valence-corrected chi connectivity index (χ0v) is 10.4. The molecule has 0 saturated carbocycles. The number of aromatic nitrogens is 3. The van der Waals surface area contributed by atoms with Gasteiger partial charge >= 0.3 is 6.01 Å². The monoisotopic (exact) mass is 263 g/mol. The van der Waals surface area contributed by atoms with E-state index >= 15 is 0 Å². The second-order valence-corrected chi connectivity index (χ2v) is 3.77. The molecular weight excluding hydrogens is 249 g/mol. The fourth-order valence-electron chi connectivity index (χ4n) is 1.55. The summed E-state index contributed by atoms with van der Waals surface area (Å²) in [5.74, 6) is 0.151. The zero-order chi connectivity index (χ0) is 13.7. The summed E-state index contributed by atoms with van der Waals surface area (Å²) in [6, 6.07) is 6.76. The van der Waals surface area contributed by atoms with Crippen molar-refractivity contribution in [1.29, 1.82) is 0 Å². The van der Waals surface area contributed by atoms with Crippen molar-refractivity contribution in [2.75, 3.05) is 24.7 Å². The number of anilines is 2. The third-order valence-electron chi connectivity index (χ3n) is 2.45. The number of ether oxygens (including phenoxy) is 1. The standard InChI is InChI=1S/C12H14FN5O/c1-19-12-17-10(14)16-11(18-12)15-7-6-8-4-2-3-5-9(8)13/h2-5H,6-7H2,1H3,(H3,14,15,16,17,18). The van der Waals surface area contributed by atoms with Crippen molar-refractivity contribution in [3.63, 3.8) is 0 Å². The Kier molecular flexibility index (Phi) is 4.07. The summed E-state index contributed by atoms with van der Waals surface area (Å²) >= 11 is 0. The number of nitrogen functional groups attached to an aromatic ring is 1.